The molecule has 3 nitrogen and oxygen atoms in total. The van der Waals surface area contributed by atoms with Crippen LogP contribution >= 0.6 is 0 Å². The third-order valence-corrected chi connectivity index (χ3v) is 2.59. The number of nitrogens with one attached hydrogen (secondary N) is 1. The monoisotopic (exact) mass is 194 g/mol. The molecular weight excluding hydrogens is 176 g/mol. The summed E-state index contributed by atoms with van der Waals surface area (Å²) in [6.45, 7) is 1.95. The van der Waals surface area contributed by atoms with Crippen molar-refractivity contribution in [2.45, 2.75) is 44.7 Å². The van der Waals surface area contributed by atoms with E-state index >= 15 is 0 Å². The second kappa shape index (κ2) is 5.02. The van der Waals surface area contributed by atoms with E-state index in [1.807, 2.05) is 6.92 Å². The summed E-state index contributed by atoms with van der Waals surface area (Å²) in [6.07, 6.45) is 8.74. The van der Waals surface area contributed by atoms with Crippen molar-refractivity contribution in [1.29, 1.82) is 0 Å². The van der Waals surface area contributed by atoms with Crippen molar-refractivity contribution in [3.8, 4) is 12.3 Å². The van der Waals surface area contributed by atoms with Gasteiger partial charge in [-0.05, 0) is 25.2 Å². The molecule has 0 spiro atoms. The van der Waals surface area contributed by atoms with Gasteiger partial charge in [0.2, 0.25) is 5.91 Å². The fourth-order valence-electron chi connectivity index (χ4n) is 1.42. The van der Waals surface area contributed by atoms with Gasteiger partial charge >= 0.3 is 0 Å². The fourth-order valence-corrected chi connectivity index (χ4v) is 1.42. The molecule has 0 aliphatic heterocycles. The third-order valence-electron chi connectivity index (χ3n) is 2.59. The van der Waals surface area contributed by atoms with Gasteiger partial charge in [0, 0.05) is 12.5 Å². The van der Waals surface area contributed by atoms with E-state index in [0.29, 0.717) is 12.3 Å². The maximum absolute atomic E-state index is 11.4. The Balaban J connectivity index is 2.24. The van der Waals surface area contributed by atoms with Crippen LogP contribution in [-0.2, 0) is 4.79 Å². The lowest BCUT2D eigenvalue weighted by Gasteiger charge is -2.13. The average Bonchev–Trinajstić information content (AvgIpc) is 2.97. The summed E-state index contributed by atoms with van der Waals surface area (Å²) in [6, 6.07) is -0.126. The van der Waals surface area contributed by atoms with Gasteiger partial charge in [-0.1, -0.05) is 12.8 Å². The molecule has 0 aromatic heterocycles. The van der Waals surface area contributed by atoms with Crippen LogP contribution in [-0.4, -0.2) is 18.0 Å². The molecule has 1 amide bonds. The van der Waals surface area contributed by atoms with Gasteiger partial charge < -0.3 is 11.1 Å². The summed E-state index contributed by atoms with van der Waals surface area (Å²) >= 11 is 0. The van der Waals surface area contributed by atoms with Crippen LogP contribution in [0.4, 0.5) is 0 Å². The molecule has 1 rings (SSSR count). The molecule has 3 heteroatoms. The zero-order valence-corrected chi connectivity index (χ0v) is 8.62. The Kier molecular flexibility index (Phi) is 3.97. The first-order valence-electron chi connectivity index (χ1n) is 5.18. The number of carbonyl (C=O) groups is 1. The van der Waals surface area contributed by atoms with E-state index in [9.17, 15) is 4.79 Å². The second-order valence-corrected chi connectivity index (χ2v) is 3.90. The predicted octanol–water partition coefficient (Wildman–Crippen LogP) is 0.642. The largest absolute Gasteiger partial charge is 0.342 e. The topological polar surface area (TPSA) is 55.1 Å². The summed E-state index contributed by atoms with van der Waals surface area (Å²) in [4.78, 5) is 11.4. The number of amides is 1. The molecule has 0 saturated heterocycles. The highest BCUT2D eigenvalue weighted by Gasteiger charge is 2.29. The fraction of sp³-hybridized carbons (Fsp3) is 0.727. The zero-order chi connectivity index (χ0) is 10.6. The minimum Gasteiger partial charge on any atom is -0.342 e. The van der Waals surface area contributed by atoms with E-state index in [4.69, 9.17) is 12.2 Å². The van der Waals surface area contributed by atoms with Crippen LogP contribution in [0.1, 0.15) is 32.6 Å². The highest BCUT2D eigenvalue weighted by Crippen LogP contribution is 2.32. The Morgan fingerprint density at radius 1 is 1.71 bits per heavy atom. The molecule has 0 heterocycles. The van der Waals surface area contributed by atoms with Crippen LogP contribution in [0.3, 0.4) is 0 Å². The van der Waals surface area contributed by atoms with E-state index in [1.165, 1.54) is 12.8 Å². The minimum atomic E-state index is -0.145. The van der Waals surface area contributed by atoms with Crippen LogP contribution in [0.5, 0.6) is 0 Å². The van der Waals surface area contributed by atoms with Crippen LogP contribution in [0, 0.1) is 18.3 Å². The smallest absolute Gasteiger partial charge is 0.222 e. The standard InChI is InChI=1S/C11H18N2O/c1-3-9(4-2)13-11(14)7-10(12)8-5-6-8/h1,8-10H,4-7,12H2,2H3,(H,13,14). The van der Waals surface area contributed by atoms with Gasteiger partial charge in [0.25, 0.3) is 0 Å². The van der Waals surface area contributed by atoms with Gasteiger partial charge in [0.15, 0.2) is 0 Å². The maximum atomic E-state index is 11.4. The van der Waals surface area contributed by atoms with Crippen molar-refractivity contribution in [3.05, 3.63) is 0 Å². The summed E-state index contributed by atoms with van der Waals surface area (Å²) in [5, 5.41) is 2.77. The Morgan fingerprint density at radius 3 is 2.79 bits per heavy atom. The molecule has 1 aliphatic carbocycles. The number of hydrogen-bond donors (Lipinski definition) is 2. The number of hydrogen-bond acceptors (Lipinski definition) is 2. The van der Waals surface area contributed by atoms with Gasteiger partial charge in [-0.15, -0.1) is 6.42 Å². The Labute approximate surface area is 85.4 Å². The maximum Gasteiger partial charge on any atom is 0.222 e. The first-order chi connectivity index (χ1) is 6.67. The number of nitrogens with two attached hydrogens (primary N) is 1. The summed E-state index contributed by atoms with van der Waals surface area (Å²) in [7, 11) is 0. The van der Waals surface area contributed by atoms with Crippen molar-refractivity contribution in [2.24, 2.45) is 11.7 Å². The lowest BCUT2D eigenvalue weighted by Crippen LogP contribution is -2.37. The first-order valence-corrected chi connectivity index (χ1v) is 5.18. The molecular formula is C11H18N2O. The second-order valence-electron chi connectivity index (χ2n) is 3.90. The Morgan fingerprint density at radius 2 is 2.36 bits per heavy atom. The molecule has 3 N–H and O–H groups in total. The quantitative estimate of drug-likeness (QED) is 0.631. The number of carbonyl (C=O) groups excluding carboxylic acids is 1. The zero-order valence-electron chi connectivity index (χ0n) is 8.62. The van der Waals surface area contributed by atoms with Gasteiger partial charge in [-0.2, -0.15) is 0 Å². The summed E-state index contributed by atoms with van der Waals surface area (Å²) in [5.41, 5.74) is 5.83. The summed E-state index contributed by atoms with van der Waals surface area (Å²) < 4.78 is 0. The number of rotatable bonds is 5. The van der Waals surface area contributed by atoms with E-state index in [-0.39, 0.29) is 18.0 Å². The lowest BCUT2D eigenvalue weighted by molar-refractivity contribution is -0.121. The molecule has 2 atom stereocenters. The van der Waals surface area contributed by atoms with Crippen molar-refractivity contribution in [3.63, 3.8) is 0 Å². The van der Waals surface area contributed by atoms with Gasteiger partial charge in [-0.25, -0.2) is 0 Å². The van der Waals surface area contributed by atoms with Crippen LogP contribution in [0.15, 0.2) is 0 Å². The molecule has 0 aromatic rings. The normalized spacial score (nSPS) is 19.5. The summed E-state index contributed by atoms with van der Waals surface area (Å²) in [5.74, 6) is 3.07. The average molecular weight is 194 g/mol. The van der Waals surface area contributed by atoms with Crippen LogP contribution < -0.4 is 11.1 Å². The molecule has 14 heavy (non-hydrogen) atoms. The van der Waals surface area contributed by atoms with Crippen LogP contribution in [0.25, 0.3) is 0 Å². The third kappa shape index (κ3) is 3.39. The minimum absolute atomic E-state index is 0.0188. The number of terminal acetylenes is 1. The molecule has 0 bridgehead atoms. The molecule has 1 aliphatic rings. The van der Waals surface area contributed by atoms with E-state index in [0.717, 1.165) is 6.42 Å². The molecule has 1 saturated carbocycles. The first kappa shape index (κ1) is 11.1. The molecule has 0 aromatic carbocycles. The van der Waals surface area contributed by atoms with E-state index in [2.05, 4.69) is 11.2 Å². The Bertz CT molecular complexity index is 240. The lowest BCUT2D eigenvalue weighted by atomic mass is 10.1. The highest BCUT2D eigenvalue weighted by atomic mass is 16.1. The molecule has 2 unspecified atom stereocenters. The van der Waals surface area contributed by atoms with Gasteiger partial charge in [0.1, 0.15) is 0 Å². The molecule has 0 radical (unpaired) electrons. The van der Waals surface area contributed by atoms with Gasteiger partial charge in [-0.3, -0.25) is 4.79 Å². The SMILES string of the molecule is C#CC(CC)NC(=O)CC(N)C1CC1. The van der Waals surface area contributed by atoms with Crippen molar-refractivity contribution in [1.82, 2.24) is 5.32 Å². The van der Waals surface area contributed by atoms with Gasteiger partial charge in [0.05, 0.1) is 6.04 Å². The van der Waals surface area contributed by atoms with E-state index in [1.54, 1.807) is 0 Å². The van der Waals surface area contributed by atoms with Crippen molar-refractivity contribution in [2.75, 3.05) is 0 Å². The molecule has 78 valence electrons. The van der Waals surface area contributed by atoms with Crippen molar-refractivity contribution < 1.29 is 4.79 Å². The van der Waals surface area contributed by atoms with Crippen molar-refractivity contribution >= 4 is 5.91 Å². The molecule has 1 fully saturated rings. The highest BCUT2D eigenvalue weighted by molar-refractivity contribution is 5.77. The predicted molar refractivity (Wildman–Crippen MR) is 56.4 cm³/mol. The van der Waals surface area contributed by atoms with E-state index < -0.39 is 0 Å². The Hall–Kier alpha value is -1.01. The van der Waals surface area contributed by atoms with Crippen LogP contribution in [0.2, 0.25) is 0 Å².